The van der Waals surface area contributed by atoms with E-state index in [1.54, 1.807) is 0 Å². The number of fused-ring (bicyclic) bond motifs is 7. The molecule has 3 saturated heterocycles. The zero-order valence-electron chi connectivity index (χ0n) is 38.4. The third kappa shape index (κ3) is 7.76. The molecule has 3 heterocycles. The van der Waals surface area contributed by atoms with Crippen molar-refractivity contribution in [3.63, 3.8) is 0 Å². The van der Waals surface area contributed by atoms with Gasteiger partial charge in [-0.3, -0.25) is 4.79 Å². The van der Waals surface area contributed by atoms with Crippen LogP contribution in [0.4, 0.5) is 0 Å². The van der Waals surface area contributed by atoms with Crippen LogP contribution in [-0.2, 0) is 33.2 Å². The quantitative estimate of drug-likeness (QED) is 0.115. The highest BCUT2D eigenvalue weighted by molar-refractivity contribution is 5.71. The number of aliphatic hydroxyl groups is 9. The van der Waals surface area contributed by atoms with Crippen LogP contribution in [0.2, 0.25) is 0 Å². The molecule has 0 bridgehead atoms. The van der Waals surface area contributed by atoms with E-state index in [4.69, 9.17) is 28.4 Å². The minimum Gasteiger partial charge on any atom is -0.481 e. The van der Waals surface area contributed by atoms with Crippen molar-refractivity contribution in [1.82, 2.24) is 0 Å². The number of ether oxygens (including phenoxy) is 6. The molecule has 5 aliphatic carbocycles. The molecular formula is C47H76O17. The summed E-state index contributed by atoms with van der Waals surface area (Å²) in [6.07, 6.45) is -11.9. The Bertz CT molecular complexity index is 1730. The highest BCUT2D eigenvalue weighted by Crippen LogP contribution is 2.75. The zero-order chi connectivity index (χ0) is 46.6. The standard InChI is InChI=1S/C47H76O17/c1-21-31(50)34(53)36(55)40(60-21)64-38-33(52)27(62-41-37(56)35(54)32(51)26(18-48)61-41)19-59-42(38)63-30-12-13-44(4)28(45(30,5)20-49)11-15-47(7)29(44)9-8-25-23-16-43(2,3)17-24(39(57)58)22(23)10-14-46(25,47)6/h8,21-24,26-38,40-42,48-56H,9-20H2,1-7H3,(H,57,58)/t21?,22?,23?,24?,26?,27?,28?,29?,30?,31?,32?,33?,34?,35?,36?,37?,38?,40?,41?,42?,44?,45-,46+,47?/m0/s1. The van der Waals surface area contributed by atoms with Gasteiger partial charge in [0.1, 0.15) is 61.0 Å². The molecule has 0 aromatic carbocycles. The molecule has 3 aliphatic heterocycles. The van der Waals surface area contributed by atoms with Crippen LogP contribution in [0, 0.1) is 56.7 Å². The SMILES string of the molecule is CC1OC(OC2C(OC3CCC4(C)C5CC=C6C7CC(C)(C)CC(C(=O)O)C7CC[C@@]6(C)C5(C)CCC4[C@]3(C)CO)OCC(OC3OC(CO)C(O)C(O)C3O)C2O)C(O)C(O)C1O. The van der Waals surface area contributed by atoms with Gasteiger partial charge in [-0.1, -0.05) is 53.2 Å². The van der Waals surface area contributed by atoms with E-state index >= 15 is 0 Å². The predicted molar refractivity (Wildman–Crippen MR) is 225 cm³/mol. The maximum absolute atomic E-state index is 12.6. The molecule has 22 unspecified atom stereocenters. The van der Waals surface area contributed by atoms with Gasteiger partial charge >= 0.3 is 5.97 Å². The van der Waals surface area contributed by atoms with Crippen LogP contribution in [0.3, 0.4) is 0 Å². The molecule has 0 aromatic rings. The van der Waals surface area contributed by atoms with Gasteiger partial charge in [-0.2, -0.15) is 0 Å². The van der Waals surface area contributed by atoms with E-state index in [0.717, 1.165) is 44.9 Å². The van der Waals surface area contributed by atoms with Crippen LogP contribution in [0.15, 0.2) is 11.6 Å². The molecule has 8 rings (SSSR count). The summed E-state index contributed by atoms with van der Waals surface area (Å²) in [6.45, 7) is 14.0. The summed E-state index contributed by atoms with van der Waals surface area (Å²) < 4.78 is 36.6. The Morgan fingerprint density at radius 2 is 1.41 bits per heavy atom. The van der Waals surface area contributed by atoms with Crippen LogP contribution < -0.4 is 0 Å². The predicted octanol–water partition coefficient (Wildman–Crippen LogP) is 1.20. The van der Waals surface area contributed by atoms with Gasteiger partial charge in [-0.05, 0) is 110 Å². The van der Waals surface area contributed by atoms with Crippen molar-refractivity contribution in [2.24, 2.45) is 56.7 Å². The smallest absolute Gasteiger partial charge is 0.306 e. The highest BCUT2D eigenvalue weighted by Gasteiger charge is 2.69. The number of allylic oxidation sites excluding steroid dienone is 2. The van der Waals surface area contributed by atoms with Crippen LogP contribution in [0.1, 0.15) is 106 Å². The fourth-order valence-corrected chi connectivity index (χ4v) is 15.0. The first-order valence-corrected chi connectivity index (χ1v) is 23.8. The van der Waals surface area contributed by atoms with Crippen LogP contribution in [-0.4, -0.2) is 169 Å². The molecular weight excluding hydrogens is 837 g/mol. The van der Waals surface area contributed by atoms with E-state index < -0.39 is 110 Å². The number of hydrogen-bond donors (Lipinski definition) is 10. The average Bonchev–Trinajstić information content (AvgIpc) is 3.24. The molecule has 7 fully saturated rings. The number of carboxylic acid groups (broad SMARTS) is 1. The van der Waals surface area contributed by atoms with Gasteiger partial charge in [0.15, 0.2) is 18.9 Å². The molecule has 366 valence electrons. The Labute approximate surface area is 376 Å². The summed E-state index contributed by atoms with van der Waals surface area (Å²) in [7, 11) is 0. The molecule has 10 N–H and O–H groups in total. The summed E-state index contributed by atoms with van der Waals surface area (Å²) in [5.41, 5.74) is 0.209. The Hall–Kier alpha value is -1.39. The molecule has 0 aromatic heterocycles. The van der Waals surface area contributed by atoms with Gasteiger partial charge in [0, 0.05) is 5.41 Å². The number of hydrogen-bond acceptors (Lipinski definition) is 16. The first-order valence-electron chi connectivity index (χ1n) is 23.8. The van der Waals surface area contributed by atoms with Crippen molar-refractivity contribution in [1.29, 1.82) is 0 Å². The Balaban J connectivity index is 1.05. The second-order valence-corrected chi connectivity index (χ2v) is 22.8. The molecule has 0 radical (unpaired) electrons. The summed E-state index contributed by atoms with van der Waals surface area (Å²) >= 11 is 0. The van der Waals surface area contributed by atoms with Gasteiger partial charge < -0.3 is 79.5 Å². The Morgan fingerprint density at radius 1 is 0.734 bits per heavy atom. The summed E-state index contributed by atoms with van der Waals surface area (Å²) in [5, 5.41) is 107. The fourth-order valence-electron chi connectivity index (χ4n) is 15.0. The van der Waals surface area contributed by atoms with Gasteiger partial charge in [0.05, 0.1) is 37.9 Å². The van der Waals surface area contributed by atoms with Gasteiger partial charge in [-0.25, -0.2) is 0 Å². The maximum Gasteiger partial charge on any atom is 0.306 e. The lowest BCUT2D eigenvalue weighted by Gasteiger charge is -2.71. The largest absolute Gasteiger partial charge is 0.481 e. The number of carboxylic acids is 1. The highest BCUT2D eigenvalue weighted by atomic mass is 16.8. The topological polar surface area (TPSA) is 275 Å². The van der Waals surface area contributed by atoms with Gasteiger partial charge in [-0.15, -0.1) is 0 Å². The van der Waals surface area contributed by atoms with Crippen molar-refractivity contribution in [2.45, 2.75) is 198 Å². The molecule has 17 nitrogen and oxygen atoms in total. The summed E-state index contributed by atoms with van der Waals surface area (Å²) in [4.78, 5) is 12.6. The van der Waals surface area contributed by atoms with Crippen LogP contribution in [0.25, 0.3) is 0 Å². The average molecular weight is 913 g/mol. The number of aliphatic hydroxyl groups excluding tert-OH is 9. The molecule has 24 atom stereocenters. The van der Waals surface area contributed by atoms with Gasteiger partial charge in [0.25, 0.3) is 0 Å². The second-order valence-electron chi connectivity index (χ2n) is 22.8. The van der Waals surface area contributed by atoms with Crippen molar-refractivity contribution < 1.29 is 84.3 Å². The van der Waals surface area contributed by atoms with E-state index in [1.165, 1.54) is 12.5 Å². The number of aliphatic carboxylic acids is 1. The molecule has 0 amide bonds. The fraction of sp³-hybridized carbons (Fsp3) is 0.936. The zero-order valence-corrected chi connectivity index (χ0v) is 38.4. The van der Waals surface area contributed by atoms with Crippen molar-refractivity contribution in [2.75, 3.05) is 19.8 Å². The first-order chi connectivity index (χ1) is 30.0. The van der Waals surface area contributed by atoms with E-state index in [2.05, 4.69) is 40.7 Å². The second kappa shape index (κ2) is 17.5. The van der Waals surface area contributed by atoms with E-state index in [1.807, 2.05) is 6.92 Å². The van der Waals surface area contributed by atoms with E-state index in [0.29, 0.717) is 12.8 Å². The lowest BCUT2D eigenvalue weighted by molar-refractivity contribution is -0.381. The molecule has 64 heavy (non-hydrogen) atoms. The van der Waals surface area contributed by atoms with E-state index in [9.17, 15) is 55.9 Å². The Kier molecular flexibility index (Phi) is 13.4. The first kappa shape index (κ1) is 49.0. The third-order valence-corrected chi connectivity index (χ3v) is 18.8. The normalized spacial score (nSPS) is 55.0. The number of rotatable bonds is 9. The summed E-state index contributed by atoms with van der Waals surface area (Å²) in [5.74, 6) is -0.361. The number of carbonyl (C=O) groups is 1. The minimum absolute atomic E-state index is 0.0119. The van der Waals surface area contributed by atoms with Crippen molar-refractivity contribution in [3.05, 3.63) is 11.6 Å². The molecule has 8 aliphatic rings. The molecule has 0 spiro atoms. The molecule has 4 saturated carbocycles. The summed E-state index contributed by atoms with van der Waals surface area (Å²) in [6, 6.07) is 0. The third-order valence-electron chi connectivity index (χ3n) is 18.8. The van der Waals surface area contributed by atoms with Crippen LogP contribution >= 0.6 is 0 Å². The lowest BCUT2D eigenvalue weighted by Crippen LogP contribution is -2.67. The van der Waals surface area contributed by atoms with Crippen molar-refractivity contribution >= 4 is 5.97 Å². The van der Waals surface area contributed by atoms with E-state index in [-0.39, 0.29) is 64.5 Å². The van der Waals surface area contributed by atoms with Gasteiger partial charge in [0.2, 0.25) is 0 Å². The Morgan fingerprint density at radius 3 is 2.06 bits per heavy atom. The van der Waals surface area contributed by atoms with Crippen LogP contribution in [0.5, 0.6) is 0 Å². The molecule has 17 heteroatoms. The van der Waals surface area contributed by atoms with Crippen molar-refractivity contribution in [3.8, 4) is 0 Å². The monoisotopic (exact) mass is 913 g/mol. The minimum atomic E-state index is -1.77. The lowest BCUT2D eigenvalue weighted by atomic mass is 9.34. The maximum atomic E-state index is 12.6.